The summed E-state index contributed by atoms with van der Waals surface area (Å²) in [6.07, 6.45) is 0.797. The Hall–Kier alpha value is -3.29. The fourth-order valence-electron chi connectivity index (χ4n) is 3.65. The third-order valence-electron chi connectivity index (χ3n) is 5.51. The number of amides is 1. The fraction of sp³-hybridized carbons (Fsp3) is 0.259. The quantitative estimate of drug-likeness (QED) is 0.240. The molecule has 0 spiro atoms. The average Bonchev–Trinajstić information content (AvgIpc) is 3.23. The zero-order chi connectivity index (χ0) is 23.8. The van der Waals surface area contributed by atoms with Gasteiger partial charge in [0, 0.05) is 31.6 Å². The van der Waals surface area contributed by atoms with Crippen LogP contribution in [0.3, 0.4) is 0 Å². The number of carbonyl (C=O) groups is 1. The number of rotatable bonds is 11. The van der Waals surface area contributed by atoms with Crippen LogP contribution >= 0.6 is 11.8 Å². The number of thioether (sulfide) groups is 1. The summed E-state index contributed by atoms with van der Waals surface area (Å²) in [5, 5.41) is 3.90. The van der Waals surface area contributed by atoms with E-state index in [1.54, 1.807) is 26.0 Å². The molecule has 4 rings (SSSR count). The maximum absolute atomic E-state index is 12.3. The molecule has 1 heterocycles. The predicted molar refractivity (Wildman–Crippen MR) is 137 cm³/mol. The van der Waals surface area contributed by atoms with Gasteiger partial charge in [0.05, 0.1) is 24.7 Å². The molecule has 1 amide bonds. The molecule has 0 aliphatic heterocycles. The first-order valence-electron chi connectivity index (χ1n) is 11.2. The molecule has 0 aliphatic rings. The summed E-state index contributed by atoms with van der Waals surface area (Å²) >= 11 is 1.72. The number of methoxy groups -OCH3 is 2. The van der Waals surface area contributed by atoms with Gasteiger partial charge in [0.15, 0.2) is 5.16 Å². The number of ether oxygens (including phenoxy) is 2. The highest BCUT2D eigenvalue weighted by molar-refractivity contribution is 7.98. The molecule has 3 aromatic carbocycles. The monoisotopic (exact) mass is 475 g/mol. The van der Waals surface area contributed by atoms with Gasteiger partial charge in [0.1, 0.15) is 5.75 Å². The van der Waals surface area contributed by atoms with E-state index in [2.05, 4.69) is 28.1 Å². The molecule has 0 unspecified atom stereocenters. The van der Waals surface area contributed by atoms with Crippen LogP contribution in [0, 0.1) is 0 Å². The summed E-state index contributed by atoms with van der Waals surface area (Å²) in [5.41, 5.74) is 5.06. The lowest BCUT2D eigenvalue weighted by Gasteiger charge is -2.11. The lowest BCUT2D eigenvalue weighted by Crippen LogP contribution is -2.25. The predicted octanol–water partition coefficient (Wildman–Crippen LogP) is 5.15. The Morgan fingerprint density at radius 3 is 2.44 bits per heavy atom. The van der Waals surface area contributed by atoms with Gasteiger partial charge in [-0.25, -0.2) is 4.98 Å². The van der Waals surface area contributed by atoms with Crippen LogP contribution in [0.15, 0.2) is 78.0 Å². The van der Waals surface area contributed by atoms with Crippen LogP contribution in [-0.2, 0) is 17.0 Å². The fourth-order valence-corrected chi connectivity index (χ4v) is 4.62. The minimum absolute atomic E-state index is 0.0635. The molecular weight excluding hydrogens is 446 g/mol. The van der Waals surface area contributed by atoms with E-state index in [-0.39, 0.29) is 5.91 Å². The summed E-state index contributed by atoms with van der Waals surface area (Å²) in [7, 11) is 3.33. The molecule has 1 N–H and O–H groups in total. The maximum atomic E-state index is 12.3. The summed E-state index contributed by atoms with van der Waals surface area (Å²) in [4.78, 5) is 17.2. The van der Waals surface area contributed by atoms with Gasteiger partial charge >= 0.3 is 0 Å². The van der Waals surface area contributed by atoms with Crippen molar-refractivity contribution in [1.82, 2.24) is 14.9 Å². The van der Waals surface area contributed by atoms with Crippen molar-refractivity contribution in [2.24, 2.45) is 0 Å². The Bertz CT molecular complexity index is 1220. The Morgan fingerprint density at radius 2 is 1.71 bits per heavy atom. The van der Waals surface area contributed by atoms with Crippen molar-refractivity contribution in [1.29, 1.82) is 0 Å². The smallest absolute Gasteiger partial charge is 0.251 e. The number of nitrogens with zero attached hydrogens (tertiary/aromatic N) is 2. The molecule has 6 nitrogen and oxygen atoms in total. The second kappa shape index (κ2) is 11.7. The standard InChI is InChI=1S/C27H29N3O3S/c1-32-17-5-16-28-26(31)22-12-8-20(9-13-22)18-30-25-7-4-3-6-24(25)29-27(30)34-19-21-10-14-23(33-2)15-11-21/h3-4,6-15H,5,16-19H2,1-2H3,(H,28,31). The molecular formula is C27H29N3O3S. The third kappa shape index (κ3) is 5.98. The molecule has 0 aliphatic carbocycles. The van der Waals surface area contributed by atoms with Crippen molar-refractivity contribution in [3.8, 4) is 5.75 Å². The number of fused-ring (bicyclic) bond motifs is 1. The van der Waals surface area contributed by atoms with Gasteiger partial charge in [-0.2, -0.15) is 0 Å². The molecule has 0 atom stereocenters. The summed E-state index contributed by atoms with van der Waals surface area (Å²) in [5.74, 6) is 1.61. The van der Waals surface area contributed by atoms with Gasteiger partial charge < -0.3 is 19.4 Å². The molecule has 34 heavy (non-hydrogen) atoms. The van der Waals surface area contributed by atoms with Crippen LogP contribution in [0.25, 0.3) is 11.0 Å². The van der Waals surface area contributed by atoms with Crippen molar-refractivity contribution in [2.75, 3.05) is 27.4 Å². The summed E-state index contributed by atoms with van der Waals surface area (Å²) in [6, 6.07) is 24.1. The molecule has 176 valence electrons. The van der Waals surface area contributed by atoms with Crippen LogP contribution in [0.5, 0.6) is 5.75 Å². The molecule has 0 fully saturated rings. The van der Waals surface area contributed by atoms with Gasteiger partial charge in [0.2, 0.25) is 0 Å². The number of benzene rings is 3. The number of carbonyl (C=O) groups excluding carboxylic acids is 1. The van der Waals surface area contributed by atoms with Gasteiger partial charge in [-0.1, -0.05) is 48.2 Å². The molecule has 4 aromatic rings. The third-order valence-corrected chi connectivity index (χ3v) is 6.56. The number of imidazole rings is 1. The minimum atomic E-state index is -0.0635. The Morgan fingerprint density at radius 1 is 0.971 bits per heavy atom. The van der Waals surface area contributed by atoms with Crippen molar-refractivity contribution in [2.45, 2.75) is 23.9 Å². The highest BCUT2D eigenvalue weighted by Crippen LogP contribution is 2.28. The summed E-state index contributed by atoms with van der Waals surface area (Å²) in [6.45, 7) is 1.92. The van der Waals surface area contributed by atoms with Gasteiger partial charge in [-0.05, 0) is 53.9 Å². The highest BCUT2D eigenvalue weighted by Gasteiger charge is 2.13. The minimum Gasteiger partial charge on any atom is -0.497 e. The van der Waals surface area contributed by atoms with Gasteiger partial charge in [-0.3, -0.25) is 4.79 Å². The Labute approximate surface area is 204 Å². The van der Waals surface area contributed by atoms with E-state index in [4.69, 9.17) is 14.5 Å². The zero-order valence-corrected chi connectivity index (χ0v) is 20.3. The second-order valence-electron chi connectivity index (χ2n) is 7.91. The lowest BCUT2D eigenvalue weighted by atomic mass is 10.1. The van der Waals surface area contributed by atoms with Crippen LogP contribution in [0.4, 0.5) is 0 Å². The Balaban J connectivity index is 1.48. The zero-order valence-electron chi connectivity index (χ0n) is 19.5. The first-order chi connectivity index (χ1) is 16.7. The van der Waals surface area contributed by atoms with Crippen LogP contribution in [0.2, 0.25) is 0 Å². The van der Waals surface area contributed by atoms with E-state index < -0.39 is 0 Å². The SMILES string of the molecule is COCCCNC(=O)c1ccc(Cn2c(SCc3ccc(OC)cc3)nc3ccccc32)cc1. The first-order valence-corrected chi connectivity index (χ1v) is 12.2. The molecule has 0 bridgehead atoms. The van der Waals surface area contributed by atoms with Crippen molar-refractivity contribution in [3.63, 3.8) is 0 Å². The number of hydrogen-bond donors (Lipinski definition) is 1. The summed E-state index contributed by atoms with van der Waals surface area (Å²) < 4.78 is 12.5. The van der Waals surface area contributed by atoms with E-state index in [0.29, 0.717) is 25.3 Å². The average molecular weight is 476 g/mol. The second-order valence-corrected chi connectivity index (χ2v) is 8.85. The van der Waals surface area contributed by atoms with E-state index in [1.165, 1.54) is 5.56 Å². The number of para-hydroxylation sites is 2. The molecule has 0 saturated carbocycles. The molecule has 1 aromatic heterocycles. The topological polar surface area (TPSA) is 65.4 Å². The van der Waals surface area contributed by atoms with Crippen molar-refractivity contribution in [3.05, 3.63) is 89.5 Å². The number of nitrogens with one attached hydrogen (secondary N) is 1. The Kier molecular flexibility index (Phi) is 8.22. The van der Waals surface area contributed by atoms with Gasteiger partial charge in [-0.15, -0.1) is 0 Å². The van der Waals surface area contributed by atoms with E-state index in [1.807, 2.05) is 54.6 Å². The lowest BCUT2D eigenvalue weighted by molar-refractivity contribution is 0.0948. The van der Waals surface area contributed by atoms with Crippen LogP contribution in [0.1, 0.15) is 27.9 Å². The van der Waals surface area contributed by atoms with Crippen molar-refractivity contribution < 1.29 is 14.3 Å². The molecule has 0 saturated heterocycles. The van der Waals surface area contributed by atoms with Crippen LogP contribution in [-0.4, -0.2) is 42.8 Å². The maximum Gasteiger partial charge on any atom is 0.251 e. The molecule has 7 heteroatoms. The van der Waals surface area contributed by atoms with Crippen molar-refractivity contribution >= 4 is 28.7 Å². The first kappa shape index (κ1) is 23.9. The highest BCUT2D eigenvalue weighted by atomic mass is 32.2. The molecule has 0 radical (unpaired) electrons. The normalized spacial score (nSPS) is 11.0. The van der Waals surface area contributed by atoms with E-state index in [9.17, 15) is 4.79 Å². The number of aromatic nitrogens is 2. The van der Waals surface area contributed by atoms with E-state index >= 15 is 0 Å². The number of hydrogen-bond acceptors (Lipinski definition) is 5. The van der Waals surface area contributed by atoms with Gasteiger partial charge in [0.25, 0.3) is 5.91 Å². The largest absolute Gasteiger partial charge is 0.497 e. The van der Waals surface area contributed by atoms with Crippen LogP contribution < -0.4 is 10.1 Å². The van der Waals surface area contributed by atoms with E-state index in [0.717, 1.165) is 39.7 Å².